The SMILES string of the molecule is CCCN(Cc1nnc(-c2ccccc2Cl)o1)C(=O)/C=C/c1csc(C)n1. The number of aryl methyl sites for hydroxylation is 1. The monoisotopic (exact) mass is 402 g/mol. The lowest BCUT2D eigenvalue weighted by molar-refractivity contribution is -0.126. The van der Waals surface area contributed by atoms with Crippen molar-refractivity contribution in [2.24, 2.45) is 0 Å². The third-order valence-corrected chi connectivity index (χ3v) is 4.86. The number of aromatic nitrogens is 3. The minimum atomic E-state index is -0.125. The maximum absolute atomic E-state index is 12.6. The van der Waals surface area contributed by atoms with E-state index in [0.717, 1.165) is 17.1 Å². The van der Waals surface area contributed by atoms with E-state index in [9.17, 15) is 4.79 Å². The van der Waals surface area contributed by atoms with E-state index >= 15 is 0 Å². The van der Waals surface area contributed by atoms with E-state index in [1.807, 2.05) is 37.4 Å². The Kier molecular flexibility index (Phi) is 6.36. The highest BCUT2D eigenvalue weighted by molar-refractivity contribution is 7.09. The zero-order valence-electron chi connectivity index (χ0n) is 15.1. The van der Waals surface area contributed by atoms with E-state index in [1.165, 1.54) is 6.08 Å². The molecule has 27 heavy (non-hydrogen) atoms. The molecule has 0 aliphatic rings. The number of carbonyl (C=O) groups excluding carboxylic acids is 1. The number of thiazole rings is 1. The van der Waals surface area contributed by atoms with Crippen LogP contribution in [-0.4, -0.2) is 32.5 Å². The van der Waals surface area contributed by atoms with Gasteiger partial charge >= 0.3 is 0 Å². The number of carbonyl (C=O) groups is 1. The predicted octanol–water partition coefficient (Wildman–Crippen LogP) is 4.61. The zero-order chi connectivity index (χ0) is 19.2. The highest BCUT2D eigenvalue weighted by Crippen LogP contribution is 2.26. The number of nitrogens with zero attached hydrogens (tertiary/aromatic N) is 4. The number of benzene rings is 1. The van der Waals surface area contributed by atoms with Gasteiger partial charge in [-0.25, -0.2) is 4.98 Å². The van der Waals surface area contributed by atoms with Crippen LogP contribution in [-0.2, 0) is 11.3 Å². The fourth-order valence-corrected chi connectivity index (χ4v) is 3.28. The van der Waals surface area contributed by atoms with Gasteiger partial charge in [0.2, 0.25) is 17.7 Å². The highest BCUT2D eigenvalue weighted by atomic mass is 35.5. The molecule has 0 aliphatic carbocycles. The topological polar surface area (TPSA) is 72.1 Å². The molecule has 0 N–H and O–H groups in total. The van der Waals surface area contributed by atoms with E-state index < -0.39 is 0 Å². The van der Waals surface area contributed by atoms with Crippen molar-refractivity contribution in [1.82, 2.24) is 20.1 Å². The van der Waals surface area contributed by atoms with Crippen LogP contribution >= 0.6 is 22.9 Å². The molecule has 0 atom stereocenters. The van der Waals surface area contributed by atoms with E-state index in [2.05, 4.69) is 15.2 Å². The van der Waals surface area contributed by atoms with Crippen LogP contribution in [0.25, 0.3) is 17.5 Å². The largest absolute Gasteiger partial charge is 0.419 e. The fourth-order valence-electron chi connectivity index (χ4n) is 2.48. The third-order valence-electron chi connectivity index (χ3n) is 3.74. The molecule has 140 valence electrons. The van der Waals surface area contributed by atoms with Crippen LogP contribution in [0.2, 0.25) is 5.02 Å². The quantitative estimate of drug-likeness (QED) is 0.540. The molecule has 3 rings (SSSR count). The van der Waals surface area contributed by atoms with Crippen molar-refractivity contribution in [2.45, 2.75) is 26.8 Å². The van der Waals surface area contributed by atoms with Crippen molar-refractivity contribution in [3.63, 3.8) is 0 Å². The first-order valence-corrected chi connectivity index (χ1v) is 9.79. The summed E-state index contributed by atoms with van der Waals surface area (Å²) in [5, 5.41) is 11.5. The summed E-state index contributed by atoms with van der Waals surface area (Å²) in [4.78, 5) is 18.5. The summed E-state index contributed by atoms with van der Waals surface area (Å²) in [6.45, 7) is 4.77. The summed E-state index contributed by atoms with van der Waals surface area (Å²) in [6.07, 6.45) is 4.06. The van der Waals surface area contributed by atoms with Gasteiger partial charge in [-0.2, -0.15) is 0 Å². The molecule has 0 fully saturated rings. The molecule has 0 saturated carbocycles. The molecule has 1 amide bonds. The number of amides is 1. The minimum Gasteiger partial charge on any atom is -0.419 e. The average molecular weight is 403 g/mol. The van der Waals surface area contributed by atoms with Gasteiger partial charge in [-0.1, -0.05) is 30.7 Å². The molecule has 0 saturated heterocycles. The Morgan fingerprint density at radius 2 is 2.15 bits per heavy atom. The van der Waals surface area contributed by atoms with Gasteiger partial charge in [-0.15, -0.1) is 21.5 Å². The molecule has 0 aliphatic heterocycles. The summed E-state index contributed by atoms with van der Waals surface area (Å²) in [6, 6.07) is 7.26. The highest BCUT2D eigenvalue weighted by Gasteiger charge is 2.16. The first-order valence-electron chi connectivity index (χ1n) is 8.53. The van der Waals surface area contributed by atoms with Crippen molar-refractivity contribution < 1.29 is 9.21 Å². The second kappa shape index (κ2) is 8.92. The maximum Gasteiger partial charge on any atom is 0.249 e. The van der Waals surface area contributed by atoms with E-state index in [-0.39, 0.29) is 12.5 Å². The third kappa shape index (κ3) is 5.02. The summed E-state index contributed by atoms with van der Waals surface area (Å²) in [5.41, 5.74) is 1.45. The lowest BCUT2D eigenvalue weighted by Crippen LogP contribution is -2.29. The van der Waals surface area contributed by atoms with Crippen LogP contribution in [0.4, 0.5) is 0 Å². The Bertz CT molecular complexity index is 951. The van der Waals surface area contributed by atoms with Crippen molar-refractivity contribution in [1.29, 1.82) is 0 Å². The number of hydrogen-bond donors (Lipinski definition) is 0. The molecule has 2 aromatic heterocycles. The second-order valence-electron chi connectivity index (χ2n) is 5.87. The van der Waals surface area contributed by atoms with Crippen LogP contribution in [0.3, 0.4) is 0 Å². The Balaban J connectivity index is 1.72. The molecule has 0 bridgehead atoms. The standard InChI is InChI=1S/C19H19ClN4O2S/c1-3-10-24(18(25)9-8-14-12-27-13(2)21-14)11-17-22-23-19(26-17)15-6-4-5-7-16(15)20/h4-9,12H,3,10-11H2,1-2H3/b9-8+. The van der Waals surface area contributed by atoms with Crippen molar-refractivity contribution in [2.75, 3.05) is 6.54 Å². The summed E-state index contributed by atoms with van der Waals surface area (Å²) < 4.78 is 5.71. The van der Waals surface area contributed by atoms with Gasteiger partial charge in [-0.05, 0) is 31.6 Å². The van der Waals surface area contributed by atoms with Crippen LogP contribution in [0.5, 0.6) is 0 Å². The Labute approximate surface area is 166 Å². The number of hydrogen-bond acceptors (Lipinski definition) is 6. The first kappa shape index (κ1) is 19.3. The summed E-state index contributed by atoms with van der Waals surface area (Å²) in [5.74, 6) is 0.581. The Morgan fingerprint density at radius 1 is 1.33 bits per heavy atom. The van der Waals surface area contributed by atoms with Gasteiger partial charge in [0.05, 0.1) is 27.8 Å². The second-order valence-corrected chi connectivity index (χ2v) is 7.33. The molecule has 0 radical (unpaired) electrons. The zero-order valence-corrected chi connectivity index (χ0v) is 16.6. The van der Waals surface area contributed by atoms with Crippen molar-refractivity contribution in [3.8, 4) is 11.5 Å². The number of rotatable bonds is 7. The average Bonchev–Trinajstić information content (AvgIpc) is 3.29. The first-order chi connectivity index (χ1) is 13.1. The smallest absolute Gasteiger partial charge is 0.249 e. The molecule has 1 aromatic carbocycles. The van der Waals surface area contributed by atoms with Gasteiger partial charge in [0.1, 0.15) is 0 Å². The van der Waals surface area contributed by atoms with Gasteiger partial charge < -0.3 is 9.32 Å². The number of halogens is 1. The van der Waals surface area contributed by atoms with Gasteiger partial charge in [0, 0.05) is 18.0 Å². The van der Waals surface area contributed by atoms with Gasteiger partial charge in [0.25, 0.3) is 0 Å². The van der Waals surface area contributed by atoms with Gasteiger partial charge in [-0.3, -0.25) is 4.79 Å². The summed E-state index contributed by atoms with van der Waals surface area (Å²) in [7, 11) is 0. The van der Waals surface area contributed by atoms with Crippen LogP contribution < -0.4 is 0 Å². The fraction of sp³-hybridized carbons (Fsp3) is 0.263. The van der Waals surface area contributed by atoms with Crippen molar-refractivity contribution >= 4 is 34.9 Å². The molecule has 0 unspecified atom stereocenters. The maximum atomic E-state index is 12.6. The molecule has 3 aromatic rings. The molecule has 2 heterocycles. The normalized spacial score (nSPS) is 11.2. The van der Waals surface area contributed by atoms with Crippen LogP contribution in [0.1, 0.15) is 29.9 Å². The predicted molar refractivity (Wildman–Crippen MR) is 106 cm³/mol. The van der Waals surface area contributed by atoms with Crippen molar-refractivity contribution in [3.05, 3.63) is 57.3 Å². The molecular formula is C19H19ClN4O2S. The molecule has 0 spiro atoms. The van der Waals surface area contributed by atoms with Crippen LogP contribution in [0, 0.1) is 6.92 Å². The summed E-state index contributed by atoms with van der Waals surface area (Å²) >= 11 is 7.72. The van der Waals surface area contributed by atoms with E-state index in [4.69, 9.17) is 16.0 Å². The van der Waals surface area contributed by atoms with E-state index in [0.29, 0.717) is 28.9 Å². The Morgan fingerprint density at radius 3 is 2.85 bits per heavy atom. The van der Waals surface area contributed by atoms with E-state index in [1.54, 1.807) is 28.4 Å². The molecule has 6 nitrogen and oxygen atoms in total. The lowest BCUT2D eigenvalue weighted by Gasteiger charge is -2.18. The van der Waals surface area contributed by atoms with Gasteiger partial charge in [0.15, 0.2) is 0 Å². The molecule has 8 heteroatoms. The van der Waals surface area contributed by atoms with Crippen LogP contribution in [0.15, 0.2) is 40.1 Å². The minimum absolute atomic E-state index is 0.125. The lowest BCUT2D eigenvalue weighted by atomic mass is 10.2. The Hall–Kier alpha value is -2.51. The molecular weight excluding hydrogens is 384 g/mol.